The lowest BCUT2D eigenvalue weighted by molar-refractivity contribution is 0.629. The first kappa shape index (κ1) is 12.1. The molecule has 0 amide bonds. The van der Waals surface area contributed by atoms with Crippen LogP contribution < -0.4 is 0 Å². The van der Waals surface area contributed by atoms with Gasteiger partial charge in [0.25, 0.3) is 0 Å². The lowest BCUT2D eigenvalue weighted by Crippen LogP contribution is -1.98. The van der Waals surface area contributed by atoms with Gasteiger partial charge in [-0.05, 0) is 61.5 Å². The zero-order valence-electron chi connectivity index (χ0n) is 10.7. The van der Waals surface area contributed by atoms with Crippen molar-refractivity contribution in [1.29, 1.82) is 0 Å². The molecule has 0 aliphatic heterocycles. The number of aromatic nitrogens is 2. The number of aryl methyl sites for hydroxylation is 1. The average molecular weight is 272 g/mol. The Morgan fingerprint density at radius 3 is 2.74 bits per heavy atom. The fourth-order valence-electron chi connectivity index (χ4n) is 2.30. The van der Waals surface area contributed by atoms with E-state index in [1.165, 1.54) is 23.3 Å². The van der Waals surface area contributed by atoms with Gasteiger partial charge in [-0.3, -0.25) is 4.57 Å². The van der Waals surface area contributed by atoms with E-state index >= 15 is 0 Å². The number of halogens is 1. The SMILES string of the molecule is Cc1cccc(-n2c(=S)[nH]c3cc(F)ccc32)c1C. The van der Waals surface area contributed by atoms with Crippen molar-refractivity contribution in [3.05, 3.63) is 58.1 Å². The Bertz CT molecular complexity index is 830. The van der Waals surface area contributed by atoms with Crippen LogP contribution in [-0.4, -0.2) is 9.55 Å². The number of aromatic amines is 1. The quantitative estimate of drug-likeness (QED) is 0.649. The van der Waals surface area contributed by atoms with Crippen LogP contribution in [0.2, 0.25) is 0 Å². The average Bonchev–Trinajstić information content (AvgIpc) is 2.68. The van der Waals surface area contributed by atoms with Crippen LogP contribution in [0.3, 0.4) is 0 Å². The Hall–Kier alpha value is -1.94. The van der Waals surface area contributed by atoms with Gasteiger partial charge in [-0.15, -0.1) is 0 Å². The molecule has 1 N–H and O–H groups in total. The Morgan fingerprint density at radius 1 is 1.16 bits per heavy atom. The minimum atomic E-state index is -0.267. The van der Waals surface area contributed by atoms with Gasteiger partial charge in [0.05, 0.1) is 16.7 Å². The third-order valence-electron chi connectivity index (χ3n) is 3.46. The molecule has 19 heavy (non-hydrogen) atoms. The zero-order valence-corrected chi connectivity index (χ0v) is 11.5. The van der Waals surface area contributed by atoms with E-state index in [-0.39, 0.29) is 5.82 Å². The van der Waals surface area contributed by atoms with Crippen molar-refractivity contribution in [3.63, 3.8) is 0 Å². The van der Waals surface area contributed by atoms with Crippen LogP contribution in [-0.2, 0) is 0 Å². The summed E-state index contributed by atoms with van der Waals surface area (Å²) >= 11 is 5.37. The van der Waals surface area contributed by atoms with Gasteiger partial charge in [0.15, 0.2) is 4.77 Å². The summed E-state index contributed by atoms with van der Waals surface area (Å²) in [5, 5.41) is 0. The summed E-state index contributed by atoms with van der Waals surface area (Å²) in [6.07, 6.45) is 0. The predicted molar refractivity (Wildman–Crippen MR) is 77.9 cm³/mol. The van der Waals surface area contributed by atoms with Gasteiger partial charge in [-0.25, -0.2) is 4.39 Å². The lowest BCUT2D eigenvalue weighted by Gasteiger charge is -2.10. The highest BCUT2D eigenvalue weighted by atomic mass is 32.1. The number of hydrogen-bond donors (Lipinski definition) is 1. The molecule has 0 fully saturated rings. The molecule has 0 atom stereocenters. The van der Waals surface area contributed by atoms with E-state index in [0.29, 0.717) is 10.3 Å². The number of fused-ring (bicyclic) bond motifs is 1. The number of nitrogens with one attached hydrogen (secondary N) is 1. The summed E-state index contributed by atoms with van der Waals surface area (Å²) in [6, 6.07) is 10.8. The van der Waals surface area contributed by atoms with Crippen molar-refractivity contribution in [2.45, 2.75) is 13.8 Å². The van der Waals surface area contributed by atoms with Crippen molar-refractivity contribution in [2.75, 3.05) is 0 Å². The molecule has 3 aromatic rings. The fraction of sp³-hybridized carbons (Fsp3) is 0.133. The Labute approximate surface area is 115 Å². The minimum Gasteiger partial charge on any atom is -0.330 e. The second-order valence-electron chi connectivity index (χ2n) is 4.65. The second-order valence-corrected chi connectivity index (χ2v) is 5.03. The largest absolute Gasteiger partial charge is 0.330 e. The van der Waals surface area contributed by atoms with Crippen LogP contribution in [0, 0.1) is 24.4 Å². The molecule has 1 aromatic heterocycles. The van der Waals surface area contributed by atoms with Crippen LogP contribution in [0.25, 0.3) is 16.7 Å². The van der Waals surface area contributed by atoms with E-state index in [1.807, 2.05) is 16.7 Å². The van der Waals surface area contributed by atoms with Gasteiger partial charge in [0.2, 0.25) is 0 Å². The second kappa shape index (κ2) is 4.31. The van der Waals surface area contributed by atoms with Gasteiger partial charge in [0.1, 0.15) is 5.82 Å². The topological polar surface area (TPSA) is 20.7 Å². The molecule has 0 bridgehead atoms. The number of hydrogen-bond acceptors (Lipinski definition) is 1. The van der Waals surface area contributed by atoms with Gasteiger partial charge < -0.3 is 4.98 Å². The Morgan fingerprint density at radius 2 is 1.95 bits per heavy atom. The molecule has 0 aliphatic rings. The molecule has 3 rings (SSSR count). The predicted octanol–water partition coefficient (Wildman–Crippen LogP) is 4.44. The molecule has 0 saturated carbocycles. The molecular weight excluding hydrogens is 259 g/mol. The first-order chi connectivity index (χ1) is 9.08. The molecule has 0 saturated heterocycles. The maximum absolute atomic E-state index is 13.3. The highest BCUT2D eigenvalue weighted by Crippen LogP contribution is 2.24. The summed E-state index contributed by atoms with van der Waals surface area (Å²) in [5.41, 5.74) is 5.01. The van der Waals surface area contributed by atoms with E-state index in [9.17, 15) is 4.39 Å². The normalized spacial score (nSPS) is 11.1. The van der Waals surface area contributed by atoms with E-state index < -0.39 is 0 Å². The molecule has 4 heteroatoms. The number of H-pyrrole nitrogens is 1. The smallest absolute Gasteiger partial charge is 0.182 e. The van der Waals surface area contributed by atoms with Crippen molar-refractivity contribution < 1.29 is 4.39 Å². The molecule has 1 heterocycles. The number of rotatable bonds is 1. The highest BCUT2D eigenvalue weighted by Gasteiger charge is 2.10. The molecule has 0 radical (unpaired) electrons. The number of benzene rings is 2. The van der Waals surface area contributed by atoms with Gasteiger partial charge in [0, 0.05) is 0 Å². The summed E-state index contributed by atoms with van der Waals surface area (Å²) in [4.78, 5) is 3.05. The van der Waals surface area contributed by atoms with Crippen molar-refractivity contribution in [1.82, 2.24) is 9.55 Å². The molecule has 0 spiro atoms. The van der Waals surface area contributed by atoms with Crippen molar-refractivity contribution in [2.24, 2.45) is 0 Å². The monoisotopic (exact) mass is 272 g/mol. The minimum absolute atomic E-state index is 0.267. The van der Waals surface area contributed by atoms with Crippen molar-refractivity contribution >= 4 is 23.3 Å². The van der Waals surface area contributed by atoms with E-state index in [2.05, 4.69) is 24.9 Å². The van der Waals surface area contributed by atoms with E-state index in [4.69, 9.17) is 12.2 Å². The summed E-state index contributed by atoms with van der Waals surface area (Å²) in [6.45, 7) is 4.13. The molecular formula is C15H13FN2S. The summed E-state index contributed by atoms with van der Waals surface area (Å²) < 4.78 is 15.8. The fourth-order valence-corrected chi connectivity index (χ4v) is 2.61. The van der Waals surface area contributed by atoms with Crippen LogP contribution in [0.4, 0.5) is 4.39 Å². The van der Waals surface area contributed by atoms with Crippen LogP contribution in [0.15, 0.2) is 36.4 Å². The van der Waals surface area contributed by atoms with Crippen LogP contribution >= 0.6 is 12.2 Å². The lowest BCUT2D eigenvalue weighted by atomic mass is 10.1. The first-order valence-corrected chi connectivity index (χ1v) is 6.45. The summed E-state index contributed by atoms with van der Waals surface area (Å²) in [7, 11) is 0. The zero-order chi connectivity index (χ0) is 13.6. The Kier molecular flexibility index (Phi) is 2.75. The maximum Gasteiger partial charge on any atom is 0.182 e. The van der Waals surface area contributed by atoms with Gasteiger partial charge in [-0.2, -0.15) is 0 Å². The molecule has 0 aliphatic carbocycles. The van der Waals surface area contributed by atoms with Gasteiger partial charge in [-0.1, -0.05) is 12.1 Å². The highest BCUT2D eigenvalue weighted by molar-refractivity contribution is 7.71. The van der Waals surface area contributed by atoms with Gasteiger partial charge >= 0.3 is 0 Å². The molecule has 2 nitrogen and oxygen atoms in total. The first-order valence-electron chi connectivity index (χ1n) is 6.05. The van der Waals surface area contributed by atoms with Crippen LogP contribution in [0.1, 0.15) is 11.1 Å². The Balaban J connectivity index is 2.40. The van der Waals surface area contributed by atoms with E-state index in [0.717, 1.165) is 11.2 Å². The summed E-state index contributed by atoms with van der Waals surface area (Å²) in [5.74, 6) is -0.267. The third kappa shape index (κ3) is 1.88. The molecule has 0 unspecified atom stereocenters. The molecule has 96 valence electrons. The number of imidazole rings is 1. The van der Waals surface area contributed by atoms with E-state index in [1.54, 1.807) is 6.07 Å². The van der Waals surface area contributed by atoms with Crippen LogP contribution in [0.5, 0.6) is 0 Å². The number of nitrogens with zero attached hydrogens (tertiary/aromatic N) is 1. The molecule has 2 aromatic carbocycles. The third-order valence-corrected chi connectivity index (χ3v) is 3.75. The maximum atomic E-state index is 13.3. The standard InChI is InChI=1S/C15H13FN2S/c1-9-4-3-5-13(10(9)2)18-14-7-6-11(16)8-12(14)17-15(18)19/h3-8H,1-2H3,(H,17,19). The van der Waals surface area contributed by atoms with Crippen molar-refractivity contribution in [3.8, 4) is 5.69 Å².